The van der Waals surface area contributed by atoms with Gasteiger partial charge in [0, 0.05) is 30.8 Å². The fourth-order valence-electron chi connectivity index (χ4n) is 2.47. The Kier molecular flexibility index (Phi) is 5.39. The second-order valence-electron chi connectivity index (χ2n) is 5.86. The lowest BCUT2D eigenvalue weighted by molar-refractivity contribution is -0.286. The molecule has 0 bridgehead atoms. The number of hydrogen-bond donors (Lipinski definition) is 2. The molecule has 1 heterocycles. The summed E-state index contributed by atoms with van der Waals surface area (Å²) in [4.78, 5) is 23.7. The van der Waals surface area contributed by atoms with Crippen LogP contribution in [0.5, 0.6) is 11.5 Å². The van der Waals surface area contributed by atoms with Gasteiger partial charge in [-0.3, -0.25) is 9.59 Å². The van der Waals surface area contributed by atoms with Crippen molar-refractivity contribution < 1.29 is 36.6 Å². The van der Waals surface area contributed by atoms with Crippen LogP contribution in [0.4, 0.5) is 23.2 Å². The minimum Gasteiger partial charge on any atom is -0.395 e. The molecule has 0 aliphatic carbocycles. The van der Waals surface area contributed by atoms with E-state index in [1.807, 2.05) is 0 Å². The molecule has 2 amide bonds. The average Bonchev–Trinajstić information content (AvgIpc) is 2.91. The lowest BCUT2D eigenvalue weighted by Gasteiger charge is -2.08. The predicted octanol–water partition coefficient (Wildman–Crippen LogP) is 3.44. The fraction of sp³-hybridized carbons (Fsp3) is 0.222. The minimum absolute atomic E-state index is 0.0107. The van der Waals surface area contributed by atoms with Gasteiger partial charge in [0.1, 0.15) is 11.6 Å². The molecule has 148 valence electrons. The van der Waals surface area contributed by atoms with Crippen molar-refractivity contribution >= 4 is 17.5 Å². The number of ether oxygens (including phenoxy) is 2. The molecule has 28 heavy (non-hydrogen) atoms. The highest BCUT2D eigenvalue weighted by atomic mass is 19.3. The zero-order valence-corrected chi connectivity index (χ0v) is 14.2. The summed E-state index contributed by atoms with van der Waals surface area (Å²) in [5, 5.41) is 4.92. The molecule has 10 heteroatoms. The van der Waals surface area contributed by atoms with E-state index in [4.69, 9.17) is 0 Å². The summed E-state index contributed by atoms with van der Waals surface area (Å²) in [6.45, 7) is 0.0798. The van der Waals surface area contributed by atoms with Crippen molar-refractivity contribution in [3.63, 3.8) is 0 Å². The van der Waals surface area contributed by atoms with E-state index in [1.54, 1.807) is 0 Å². The standard InChI is InChI=1S/C18H14F4N2O4/c19-10-3-5-12(13(20)8-10)17(26)23-7-1-2-16(25)24-11-4-6-14-15(9-11)28-18(21,22)27-14/h3-6,8-9H,1-2,7H2,(H,23,26)(H,24,25). The number of nitrogens with one attached hydrogen (secondary N) is 2. The second-order valence-corrected chi connectivity index (χ2v) is 5.86. The number of fused-ring (bicyclic) bond motifs is 1. The Morgan fingerprint density at radius 2 is 1.75 bits per heavy atom. The Hall–Kier alpha value is -3.30. The molecule has 2 N–H and O–H groups in total. The number of anilines is 1. The Labute approximate surface area is 156 Å². The Balaban J connectivity index is 1.43. The molecule has 3 rings (SSSR count). The van der Waals surface area contributed by atoms with E-state index in [9.17, 15) is 27.2 Å². The van der Waals surface area contributed by atoms with Crippen LogP contribution in [0, 0.1) is 11.6 Å². The van der Waals surface area contributed by atoms with Crippen molar-refractivity contribution in [1.82, 2.24) is 5.32 Å². The minimum atomic E-state index is -3.74. The van der Waals surface area contributed by atoms with Crippen LogP contribution in [0.25, 0.3) is 0 Å². The average molecular weight is 398 g/mol. The van der Waals surface area contributed by atoms with Crippen LogP contribution in [-0.4, -0.2) is 24.7 Å². The Morgan fingerprint density at radius 1 is 1.00 bits per heavy atom. The largest absolute Gasteiger partial charge is 0.586 e. The van der Waals surface area contributed by atoms with Crippen LogP contribution in [0.3, 0.4) is 0 Å². The molecule has 0 atom stereocenters. The van der Waals surface area contributed by atoms with Crippen LogP contribution < -0.4 is 20.1 Å². The maximum atomic E-state index is 13.5. The number of halogens is 4. The highest BCUT2D eigenvalue weighted by Crippen LogP contribution is 2.42. The summed E-state index contributed by atoms with van der Waals surface area (Å²) in [6.07, 6.45) is -3.49. The fourth-order valence-corrected chi connectivity index (χ4v) is 2.47. The summed E-state index contributed by atoms with van der Waals surface area (Å²) < 4.78 is 60.8. The predicted molar refractivity (Wildman–Crippen MR) is 89.2 cm³/mol. The van der Waals surface area contributed by atoms with Crippen molar-refractivity contribution in [3.8, 4) is 11.5 Å². The van der Waals surface area contributed by atoms with E-state index >= 15 is 0 Å². The number of hydrogen-bond acceptors (Lipinski definition) is 4. The lowest BCUT2D eigenvalue weighted by Crippen LogP contribution is -2.26. The van der Waals surface area contributed by atoms with Gasteiger partial charge in [-0.15, -0.1) is 8.78 Å². The van der Waals surface area contributed by atoms with Crippen LogP contribution in [0.1, 0.15) is 23.2 Å². The first-order valence-electron chi connectivity index (χ1n) is 8.16. The molecular formula is C18H14F4N2O4. The molecule has 2 aromatic carbocycles. The summed E-state index contributed by atoms with van der Waals surface area (Å²) in [5.41, 5.74) is -0.0644. The monoisotopic (exact) mass is 398 g/mol. The molecule has 1 aliphatic heterocycles. The van der Waals surface area contributed by atoms with E-state index < -0.39 is 29.7 Å². The molecule has 6 nitrogen and oxygen atoms in total. The summed E-state index contributed by atoms with van der Waals surface area (Å²) >= 11 is 0. The molecule has 0 radical (unpaired) electrons. The molecular weight excluding hydrogens is 384 g/mol. The molecule has 0 fully saturated rings. The number of carbonyl (C=O) groups is 2. The quantitative estimate of drug-likeness (QED) is 0.578. The highest BCUT2D eigenvalue weighted by molar-refractivity contribution is 5.94. The van der Waals surface area contributed by atoms with E-state index in [0.29, 0.717) is 6.07 Å². The topological polar surface area (TPSA) is 76.7 Å². The van der Waals surface area contributed by atoms with Crippen LogP contribution in [0.2, 0.25) is 0 Å². The van der Waals surface area contributed by atoms with E-state index in [1.165, 1.54) is 18.2 Å². The first-order valence-corrected chi connectivity index (χ1v) is 8.16. The normalized spacial score (nSPS) is 13.9. The maximum absolute atomic E-state index is 13.5. The van der Waals surface area contributed by atoms with Crippen LogP contribution in [-0.2, 0) is 4.79 Å². The third-order valence-electron chi connectivity index (χ3n) is 3.73. The van der Waals surface area contributed by atoms with Gasteiger partial charge >= 0.3 is 6.29 Å². The zero-order valence-electron chi connectivity index (χ0n) is 14.2. The first kappa shape index (κ1) is 19.5. The molecule has 0 spiro atoms. The number of alkyl halides is 2. The molecule has 1 aliphatic rings. The molecule has 0 unspecified atom stereocenters. The summed E-state index contributed by atoms with van der Waals surface area (Å²) in [5.74, 6) is -3.26. The van der Waals surface area contributed by atoms with Crippen molar-refractivity contribution in [2.24, 2.45) is 0 Å². The zero-order chi connectivity index (χ0) is 20.3. The molecule has 2 aromatic rings. The van der Waals surface area contributed by atoms with Crippen molar-refractivity contribution in [2.75, 3.05) is 11.9 Å². The Bertz CT molecular complexity index is 920. The third kappa shape index (κ3) is 4.70. The van der Waals surface area contributed by atoms with Crippen LogP contribution >= 0.6 is 0 Å². The van der Waals surface area contributed by atoms with Gasteiger partial charge in [0.15, 0.2) is 11.5 Å². The second kappa shape index (κ2) is 7.75. The van der Waals surface area contributed by atoms with Crippen molar-refractivity contribution in [2.45, 2.75) is 19.1 Å². The number of benzene rings is 2. The molecule has 0 saturated heterocycles. The van der Waals surface area contributed by atoms with Gasteiger partial charge in [-0.25, -0.2) is 8.78 Å². The third-order valence-corrected chi connectivity index (χ3v) is 3.73. The Morgan fingerprint density at radius 3 is 2.50 bits per heavy atom. The first-order chi connectivity index (χ1) is 13.2. The van der Waals surface area contributed by atoms with E-state index in [0.717, 1.165) is 12.1 Å². The number of amides is 2. The maximum Gasteiger partial charge on any atom is 0.586 e. The number of carbonyl (C=O) groups excluding carboxylic acids is 2. The van der Waals surface area contributed by atoms with Gasteiger partial charge in [0.2, 0.25) is 5.91 Å². The SMILES string of the molecule is O=C(CCCNC(=O)c1ccc(F)cc1F)Nc1ccc2c(c1)OC(F)(F)O2. The van der Waals surface area contributed by atoms with Gasteiger partial charge < -0.3 is 20.1 Å². The van der Waals surface area contributed by atoms with E-state index in [2.05, 4.69) is 20.1 Å². The number of rotatable bonds is 6. The van der Waals surface area contributed by atoms with Crippen molar-refractivity contribution in [3.05, 3.63) is 53.6 Å². The van der Waals surface area contributed by atoms with Gasteiger partial charge in [-0.05, 0) is 30.7 Å². The molecule has 0 aromatic heterocycles. The van der Waals surface area contributed by atoms with Crippen molar-refractivity contribution in [1.29, 1.82) is 0 Å². The smallest absolute Gasteiger partial charge is 0.395 e. The van der Waals surface area contributed by atoms with E-state index in [-0.39, 0.29) is 42.1 Å². The lowest BCUT2D eigenvalue weighted by atomic mass is 10.2. The summed E-state index contributed by atoms with van der Waals surface area (Å²) in [7, 11) is 0. The van der Waals surface area contributed by atoms with Gasteiger partial charge in [0.25, 0.3) is 5.91 Å². The van der Waals surface area contributed by atoms with Gasteiger partial charge in [-0.1, -0.05) is 0 Å². The highest BCUT2D eigenvalue weighted by Gasteiger charge is 2.43. The molecule has 0 saturated carbocycles. The summed E-state index contributed by atoms with van der Waals surface area (Å²) in [6, 6.07) is 6.41. The van der Waals surface area contributed by atoms with Gasteiger partial charge in [0.05, 0.1) is 5.56 Å². The van der Waals surface area contributed by atoms with Gasteiger partial charge in [-0.2, -0.15) is 0 Å². The van der Waals surface area contributed by atoms with Crippen LogP contribution in [0.15, 0.2) is 36.4 Å².